The van der Waals surface area contributed by atoms with E-state index in [1.165, 1.54) is 180 Å². The number of hydrogen-bond acceptors (Lipinski definition) is 6. The Kier molecular flexibility index (Phi) is 58.2. The quantitative estimate of drug-likeness (QED) is 0.0345. The Bertz CT molecular complexity index is 830. The second-order valence-corrected chi connectivity index (χ2v) is 16.6. The first-order valence-electron chi connectivity index (χ1n) is 24.7. The van der Waals surface area contributed by atoms with Crippen LogP contribution in [0.15, 0.2) is 48.6 Å². The van der Waals surface area contributed by atoms with E-state index >= 15 is 0 Å². The smallest absolute Gasteiger partial charge is 0.549 e. The van der Waals surface area contributed by atoms with Gasteiger partial charge in [-0.3, -0.25) is 9.80 Å². The van der Waals surface area contributed by atoms with Gasteiger partial charge in [0.25, 0.3) is 0 Å². The molecule has 340 valence electrons. The third-order valence-electron chi connectivity index (χ3n) is 11.0. The van der Waals surface area contributed by atoms with Crippen LogP contribution in [0.2, 0.25) is 0 Å². The maximum Gasteiger partial charge on any atom is 2.00 e. The number of carbonyl (C=O) groups excluding carboxylic acids is 2. The maximum absolute atomic E-state index is 11.0. The molecule has 7 heteroatoms. The molecule has 0 aliphatic carbocycles. The van der Waals surface area contributed by atoms with Gasteiger partial charge in [0, 0.05) is 13.1 Å². The second kappa shape index (κ2) is 55.1. The summed E-state index contributed by atoms with van der Waals surface area (Å²) in [6.45, 7) is 12.1. The molecule has 0 saturated heterocycles. The zero-order valence-electron chi connectivity index (χ0n) is 39.7. The van der Waals surface area contributed by atoms with Gasteiger partial charge in [-0.05, 0) is 131 Å². The van der Waals surface area contributed by atoms with E-state index in [4.69, 9.17) is 0 Å². The minimum absolute atomic E-state index is 0. The van der Waals surface area contributed by atoms with Gasteiger partial charge in [-0.25, -0.2) is 0 Å². The topological polar surface area (TPSA) is 86.7 Å². The van der Waals surface area contributed by atoms with Crippen LogP contribution in [0.3, 0.4) is 0 Å². The monoisotopic (exact) mass is 853 g/mol. The minimum atomic E-state index is -0.938. The number of hydrogen-bond donors (Lipinski definition) is 0. The Balaban J connectivity index is -0.00000105. The Hall–Kier alpha value is -0.920. The molecule has 0 aliphatic heterocycles. The third kappa shape index (κ3) is 57.1. The van der Waals surface area contributed by atoms with Gasteiger partial charge < -0.3 is 19.8 Å². The van der Waals surface area contributed by atoms with Crippen molar-refractivity contribution in [2.75, 3.05) is 39.3 Å². The van der Waals surface area contributed by atoms with Crippen molar-refractivity contribution in [2.24, 2.45) is 0 Å². The van der Waals surface area contributed by atoms with Crippen LogP contribution in [0, 0.1) is 0 Å². The molecular formula is C52H96CaN2O4. The van der Waals surface area contributed by atoms with Crippen LogP contribution in [-0.2, 0) is 9.59 Å². The summed E-state index contributed by atoms with van der Waals surface area (Å²) in [6.07, 6.45) is 57.9. The third-order valence-corrected chi connectivity index (χ3v) is 11.0. The minimum Gasteiger partial charge on any atom is -0.549 e. The summed E-state index contributed by atoms with van der Waals surface area (Å²) >= 11 is 0. The summed E-state index contributed by atoms with van der Waals surface area (Å²) in [5.74, 6) is -1.88. The van der Waals surface area contributed by atoms with Gasteiger partial charge in [0.15, 0.2) is 0 Å². The van der Waals surface area contributed by atoms with Gasteiger partial charge in [-0.15, -0.1) is 0 Å². The number of rotatable bonds is 44. The largest absolute Gasteiger partial charge is 2.00 e. The molecule has 0 rings (SSSR count). The predicted molar refractivity (Wildman–Crippen MR) is 256 cm³/mol. The first-order valence-corrected chi connectivity index (χ1v) is 24.7. The summed E-state index contributed by atoms with van der Waals surface area (Å²) in [5, 5.41) is 22.0. The van der Waals surface area contributed by atoms with Crippen molar-refractivity contribution in [3.8, 4) is 0 Å². The van der Waals surface area contributed by atoms with Crippen molar-refractivity contribution in [1.29, 1.82) is 0 Å². The normalized spacial score (nSPS) is 11.8. The molecule has 0 aromatic rings. The van der Waals surface area contributed by atoms with E-state index in [9.17, 15) is 19.8 Å². The SMILES string of the molecule is C/C=C/CCCCCCCCCN(CCCCCCCCC/C=C/C)CC(=O)[O-].C/C=C/CCCCCCCCCN(CCCCCCCCC/C=C/C)CC(=O)[O-].[Ca+2]. The number of aliphatic carboxylic acids is 2. The number of unbranched alkanes of at least 4 members (excludes halogenated alkanes) is 28. The Morgan fingerprint density at radius 3 is 0.661 bits per heavy atom. The molecule has 59 heavy (non-hydrogen) atoms. The maximum atomic E-state index is 11.0. The van der Waals surface area contributed by atoms with Gasteiger partial charge in [-0.2, -0.15) is 0 Å². The molecule has 0 N–H and O–H groups in total. The fraction of sp³-hybridized carbons (Fsp3) is 0.808. The molecule has 0 unspecified atom stereocenters. The van der Waals surface area contributed by atoms with E-state index in [0.29, 0.717) is 0 Å². The van der Waals surface area contributed by atoms with Gasteiger partial charge in [0.1, 0.15) is 0 Å². The molecule has 0 aromatic heterocycles. The van der Waals surface area contributed by atoms with E-state index in [0.717, 1.165) is 51.9 Å². The van der Waals surface area contributed by atoms with Crippen LogP contribution >= 0.6 is 0 Å². The summed E-state index contributed by atoms with van der Waals surface area (Å²) < 4.78 is 0. The average Bonchev–Trinajstić information content (AvgIpc) is 3.20. The molecule has 0 aliphatic rings. The summed E-state index contributed by atoms with van der Waals surface area (Å²) in [7, 11) is 0. The van der Waals surface area contributed by atoms with Crippen molar-refractivity contribution in [1.82, 2.24) is 9.80 Å². The Labute approximate surface area is 397 Å². The van der Waals surface area contributed by atoms with Gasteiger partial charge in [0.05, 0.1) is 11.9 Å². The molecule has 0 heterocycles. The zero-order chi connectivity index (χ0) is 42.8. The van der Waals surface area contributed by atoms with Crippen molar-refractivity contribution in [3.63, 3.8) is 0 Å². The molecule has 0 amide bonds. The zero-order valence-corrected chi connectivity index (χ0v) is 41.9. The molecular weight excluding hydrogens is 757 g/mol. The Morgan fingerprint density at radius 2 is 0.492 bits per heavy atom. The fourth-order valence-electron chi connectivity index (χ4n) is 7.50. The standard InChI is InChI=1S/2C26H49NO2.Ca/c2*1-3-5-7-9-11-13-15-17-19-21-23-27(25-26(28)29)24-22-20-18-16-14-12-10-8-6-4-2;/h2*3-6H,7-25H2,1-2H3,(H,28,29);/q;;+2/p-2/b2*5-3+,6-4+;. The summed E-state index contributed by atoms with van der Waals surface area (Å²) in [4.78, 5) is 26.2. The number of allylic oxidation sites excluding steroid dienone is 8. The summed E-state index contributed by atoms with van der Waals surface area (Å²) in [5.41, 5.74) is 0. The van der Waals surface area contributed by atoms with E-state index in [-0.39, 0.29) is 50.8 Å². The molecule has 0 atom stereocenters. The van der Waals surface area contributed by atoms with E-state index in [2.05, 4.69) is 86.1 Å². The molecule has 0 aromatic carbocycles. The number of carboxylic acid groups (broad SMARTS) is 2. The van der Waals surface area contributed by atoms with Crippen LogP contribution in [0.1, 0.15) is 233 Å². The molecule has 0 saturated carbocycles. The van der Waals surface area contributed by atoms with Crippen LogP contribution in [0.4, 0.5) is 0 Å². The fourth-order valence-corrected chi connectivity index (χ4v) is 7.50. The van der Waals surface area contributed by atoms with Crippen LogP contribution < -0.4 is 10.2 Å². The molecule has 0 bridgehead atoms. The second-order valence-electron chi connectivity index (χ2n) is 16.6. The van der Waals surface area contributed by atoms with Gasteiger partial charge in [-0.1, -0.05) is 177 Å². The van der Waals surface area contributed by atoms with Crippen LogP contribution in [0.5, 0.6) is 0 Å². The van der Waals surface area contributed by atoms with E-state index in [1.54, 1.807) is 0 Å². The average molecular weight is 853 g/mol. The van der Waals surface area contributed by atoms with Crippen molar-refractivity contribution >= 4 is 49.7 Å². The molecule has 6 nitrogen and oxygen atoms in total. The van der Waals surface area contributed by atoms with E-state index < -0.39 is 11.9 Å². The first-order chi connectivity index (χ1) is 28.4. The first kappa shape index (κ1) is 62.4. The van der Waals surface area contributed by atoms with Crippen molar-refractivity contribution in [3.05, 3.63) is 48.6 Å². The number of carboxylic acids is 2. The number of carbonyl (C=O) groups is 2. The van der Waals surface area contributed by atoms with Crippen LogP contribution in [0.25, 0.3) is 0 Å². The van der Waals surface area contributed by atoms with Gasteiger partial charge >= 0.3 is 37.7 Å². The Morgan fingerprint density at radius 1 is 0.322 bits per heavy atom. The van der Waals surface area contributed by atoms with Crippen molar-refractivity contribution in [2.45, 2.75) is 233 Å². The molecule has 0 fully saturated rings. The number of nitrogens with zero attached hydrogens (tertiary/aromatic N) is 2. The van der Waals surface area contributed by atoms with E-state index in [1.807, 2.05) is 0 Å². The molecule has 0 spiro atoms. The molecule has 0 radical (unpaired) electrons. The van der Waals surface area contributed by atoms with Crippen LogP contribution in [-0.4, -0.2) is 98.7 Å². The predicted octanol–water partition coefficient (Wildman–Crippen LogP) is 12.5. The summed E-state index contributed by atoms with van der Waals surface area (Å²) in [6, 6.07) is 0. The van der Waals surface area contributed by atoms with Crippen molar-refractivity contribution < 1.29 is 19.8 Å². The van der Waals surface area contributed by atoms with Gasteiger partial charge in [0.2, 0.25) is 0 Å².